The van der Waals surface area contributed by atoms with E-state index in [9.17, 15) is 19.5 Å². The number of quaternary nitrogens is 1. The quantitative estimate of drug-likeness (QED) is 0.0211. The average molecular weight is 1080 g/mol. The van der Waals surface area contributed by atoms with Crippen LogP contribution in [0.5, 0.6) is 0 Å². The van der Waals surface area contributed by atoms with Crippen molar-refractivity contribution in [2.45, 2.75) is 257 Å². The zero-order valence-corrected chi connectivity index (χ0v) is 50.1. The summed E-state index contributed by atoms with van der Waals surface area (Å²) in [6.45, 7) is 4.66. The monoisotopic (exact) mass is 1070 g/mol. The highest BCUT2D eigenvalue weighted by atomic mass is 16.7. The fourth-order valence-electron chi connectivity index (χ4n) is 8.28. The Bertz CT molecular complexity index is 1630. The summed E-state index contributed by atoms with van der Waals surface area (Å²) in [5, 5.41) is 9.70. The largest absolute Gasteiger partial charge is 0.477 e. The van der Waals surface area contributed by atoms with Crippen LogP contribution in [0.15, 0.2) is 109 Å². The van der Waals surface area contributed by atoms with Crippen molar-refractivity contribution in [2.24, 2.45) is 0 Å². The second-order valence-electron chi connectivity index (χ2n) is 21.6. The van der Waals surface area contributed by atoms with Gasteiger partial charge in [-0.3, -0.25) is 9.59 Å². The third kappa shape index (κ3) is 59.5. The first kappa shape index (κ1) is 73.0. The summed E-state index contributed by atoms with van der Waals surface area (Å²) in [6, 6.07) is 0. The number of likely N-dealkylation sites (N-methyl/N-ethyl adjacent to an activating group) is 1. The lowest BCUT2D eigenvalue weighted by atomic mass is 10.0. The summed E-state index contributed by atoms with van der Waals surface area (Å²) >= 11 is 0. The molecule has 77 heavy (non-hydrogen) atoms. The summed E-state index contributed by atoms with van der Waals surface area (Å²) < 4.78 is 22.8. The van der Waals surface area contributed by atoms with E-state index < -0.39 is 24.3 Å². The van der Waals surface area contributed by atoms with Crippen molar-refractivity contribution in [2.75, 3.05) is 47.5 Å². The lowest BCUT2D eigenvalue weighted by Gasteiger charge is -2.25. The maximum atomic E-state index is 12.8. The number of unbranched alkanes of at least 4 members (excludes halogenated alkanes) is 23. The van der Waals surface area contributed by atoms with Gasteiger partial charge in [0.1, 0.15) is 13.2 Å². The third-order valence-corrected chi connectivity index (χ3v) is 13.0. The van der Waals surface area contributed by atoms with E-state index >= 15 is 0 Å². The number of allylic oxidation sites excluding steroid dienone is 18. The Kier molecular flexibility index (Phi) is 55.1. The van der Waals surface area contributed by atoms with Crippen LogP contribution in [-0.4, -0.2) is 87.4 Å². The number of esters is 2. The molecule has 0 amide bonds. The summed E-state index contributed by atoms with van der Waals surface area (Å²) in [5.74, 6) is -2.12. The Hall–Kier alpha value is -4.05. The molecule has 2 unspecified atom stereocenters. The van der Waals surface area contributed by atoms with Gasteiger partial charge in [0.2, 0.25) is 0 Å². The van der Waals surface area contributed by atoms with Crippen LogP contribution in [-0.2, 0) is 33.3 Å². The minimum atomic E-state index is -1.54. The summed E-state index contributed by atoms with van der Waals surface area (Å²) in [6.07, 6.45) is 77.8. The van der Waals surface area contributed by atoms with Crippen LogP contribution >= 0.6 is 0 Å². The van der Waals surface area contributed by atoms with Crippen molar-refractivity contribution in [3.8, 4) is 0 Å². The molecule has 2 atom stereocenters. The fraction of sp³-hybridized carbons (Fsp3) is 0.691. The molecule has 0 radical (unpaired) electrons. The number of rotatable bonds is 56. The van der Waals surface area contributed by atoms with E-state index in [1.807, 2.05) is 33.3 Å². The predicted molar refractivity (Wildman–Crippen MR) is 327 cm³/mol. The maximum absolute atomic E-state index is 12.8. The van der Waals surface area contributed by atoms with E-state index in [0.717, 1.165) is 70.6 Å². The van der Waals surface area contributed by atoms with E-state index in [-0.39, 0.29) is 38.6 Å². The SMILES string of the molecule is CC/C=C\C/C=C\C/C=C\C/C=C\C/C=C\C/C=C\CCC(=O)OC(COC(=O)CCCCCCCCCCCCCCCCCCCC/C=C\C/C=C\C/C=C\CCCCCCC)COC(OCC[N+](C)(C)C)C(=O)O. The zero-order chi connectivity index (χ0) is 56.2. The van der Waals surface area contributed by atoms with E-state index in [0.29, 0.717) is 17.4 Å². The number of hydrogen-bond acceptors (Lipinski definition) is 7. The zero-order valence-electron chi connectivity index (χ0n) is 50.1. The molecule has 0 aromatic rings. The van der Waals surface area contributed by atoms with Crippen LogP contribution in [0.2, 0.25) is 0 Å². The molecular weight excluding hydrogens is 959 g/mol. The smallest absolute Gasteiger partial charge is 0.361 e. The van der Waals surface area contributed by atoms with Gasteiger partial charge < -0.3 is 28.5 Å². The van der Waals surface area contributed by atoms with Gasteiger partial charge in [-0.05, 0) is 89.9 Å². The van der Waals surface area contributed by atoms with Crippen LogP contribution in [0.3, 0.4) is 0 Å². The molecular formula is C68H116NO8+. The van der Waals surface area contributed by atoms with Crippen molar-refractivity contribution < 1.29 is 42.9 Å². The number of ether oxygens (including phenoxy) is 4. The lowest BCUT2D eigenvalue weighted by molar-refractivity contribution is -0.870. The average Bonchev–Trinajstić information content (AvgIpc) is 3.40. The normalized spacial score (nSPS) is 13.5. The first-order valence-electron chi connectivity index (χ1n) is 31.1. The molecule has 0 fully saturated rings. The topological polar surface area (TPSA) is 108 Å². The van der Waals surface area contributed by atoms with Crippen molar-refractivity contribution in [1.82, 2.24) is 0 Å². The minimum Gasteiger partial charge on any atom is -0.477 e. The summed E-state index contributed by atoms with van der Waals surface area (Å²) in [5.41, 5.74) is 0. The molecule has 0 bridgehead atoms. The van der Waals surface area contributed by atoms with Crippen molar-refractivity contribution >= 4 is 17.9 Å². The second kappa shape index (κ2) is 58.1. The van der Waals surface area contributed by atoms with Gasteiger partial charge in [0.25, 0.3) is 6.29 Å². The molecule has 0 spiro atoms. The molecule has 9 nitrogen and oxygen atoms in total. The van der Waals surface area contributed by atoms with E-state index in [2.05, 4.69) is 111 Å². The molecule has 0 rings (SSSR count). The minimum absolute atomic E-state index is 0.131. The number of hydrogen-bond donors (Lipinski definition) is 1. The van der Waals surface area contributed by atoms with Crippen molar-refractivity contribution in [3.05, 3.63) is 109 Å². The lowest BCUT2D eigenvalue weighted by Crippen LogP contribution is -2.40. The molecule has 440 valence electrons. The van der Waals surface area contributed by atoms with Gasteiger partial charge in [-0.25, -0.2) is 4.79 Å². The van der Waals surface area contributed by atoms with Gasteiger partial charge in [0.15, 0.2) is 6.10 Å². The summed E-state index contributed by atoms with van der Waals surface area (Å²) in [4.78, 5) is 37.4. The maximum Gasteiger partial charge on any atom is 0.361 e. The highest BCUT2D eigenvalue weighted by Gasteiger charge is 2.25. The van der Waals surface area contributed by atoms with E-state index in [1.165, 1.54) is 141 Å². The molecule has 0 saturated carbocycles. The van der Waals surface area contributed by atoms with Gasteiger partial charge in [0, 0.05) is 12.8 Å². The van der Waals surface area contributed by atoms with Gasteiger partial charge in [-0.1, -0.05) is 252 Å². The molecule has 0 heterocycles. The van der Waals surface area contributed by atoms with Crippen molar-refractivity contribution in [1.29, 1.82) is 0 Å². The van der Waals surface area contributed by atoms with Crippen LogP contribution in [0.25, 0.3) is 0 Å². The number of aliphatic carboxylic acids is 1. The summed E-state index contributed by atoms with van der Waals surface area (Å²) in [7, 11) is 5.94. The number of carboxylic acid groups (broad SMARTS) is 1. The van der Waals surface area contributed by atoms with Crippen LogP contribution < -0.4 is 0 Å². The van der Waals surface area contributed by atoms with Crippen LogP contribution in [0, 0.1) is 0 Å². The highest BCUT2D eigenvalue weighted by molar-refractivity contribution is 5.71. The van der Waals surface area contributed by atoms with Crippen LogP contribution in [0.1, 0.15) is 245 Å². The third-order valence-electron chi connectivity index (χ3n) is 13.0. The number of carbonyl (C=O) groups is 3. The van der Waals surface area contributed by atoms with Crippen molar-refractivity contribution in [3.63, 3.8) is 0 Å². The van der Waals surface area contributed by atoms with E-state index in [1.54, 1.807) is 0 Å². The molecule has 1 N–H and O–H groups in total. The van der Waals surface area contributed by atoms with E-state index in [4.69, 9.17) is 18.9 Å². The number of nitrogens with zero attached hydrogens (tertiary/aromatic N) is 1. The first-order chi connectivity index (χ1) is 37.6. The fourth-order valence-corrected chi connectivity index (χ4v) is 8.28. The van der Waals surface area contributed by atoms with Gasteiger partial charge >= 0.3 is 17.9 Å². The number of carboxylic acids is 1. The number of carbonyl (C=O) groups excluding carboxylic acids is 2. The molecule has 0 aromatic carbocycles. The predicted octanol–water partition coefficient (Wildman–Crippen LogP) is 18.7. The van der Waals surface area contributed by atoms with Gasteiger partial charge in [-0.15, -0.1) is 0 Å². The van der Waals surface area contributed by atoms with Gasteiger partial charge in [-0.2, -0.15) is 0 Å². The molecule has 0 aromatic heterocycles. The molecule has 0 saturated heterocycles. The highest BCUT2D eigenvalue weighted by Crippen LogP contribution is 2.16. The Balaban J connectivity index is 4.19. The first-order valence-corrected chi connectivity index (χ1v) is 31.1. The standard InChI is InChI=1S/C68H115NO8/c1-6-8-10-12-14-16-18-20-22-24-26-27-28-29-30-31-32-33-34-35-36-37-38-39-41-42-44-46-48-50-52-54-56-58-65(70)75-62-64(63-76-68(67(72)73)74-61-60-69(3,4)5)77-66(71)59-57-55-53-51-49-47-45-43-40-25-23-21-19-17-15-13-11-9-7-2/h9,11,15,17-18,20-21,23-24,26,28-29,40,43,47,49,53,55,64,68H,6-8,10,12-14,16,19,22,25,27,30-39,41-42,44-46,48,50-52,54,56-63H2,1-5H3/p+1/b11-9-,17-15-,20-18-,23-21-,26-24-,29-28-,43-40-,49-47-,55-53-. The van der Waals surface area contributed by atoms with Gasteiger partial charge in [0.05, 0.1) is 34.4 Å². The molecule has 0 aliphatic heterocycles. The molecule has 0 aliphatic carbocycles. The molecule has 9 heteroatoms. The Morgan fingerprint density at radius 2 is 0.766 bits per heavy atom. The molecule has 0 aliphatic rings. The van der Waals surface area contributed by atoms with Crippen LogP contribution in [0.4, 0.5) is 0 Å². The second-order valence-corrected chi connectivity index (χ2v) is 21.6. The Labute approximate surface area is 473 Å². The Morgan fingerprint density at radius 1 is 0.403 bits per heavy atom. The Morgan fingerprint density at radius 3 is 1.16 bits per heavy atom.